The van der Waals surface area contributed by atoms with E-state index in [9.17, 15) is 9.18 Å². The largest absolute Gasteiger partial charge is 0.477 e. The lowest BCUT2D eigenvalue weighted by Crippen LogP contribution is -2.03. The van der Waals surface area contributed by atoms with Crippen molar-refractivity contribution in [1.82, 2.24) is 4.98 Å². The number of carbonyl (C=O) groups is 1. The van der Waals surface area contributed by atoms with Crippen LogP contribution in [0.5, 0.6) is 0 Å². The molecular formula is C12H8FIN2O2. The number of anilines is 2. The Balaban J connectivity index is 2.28. The number of nitrogens with one attached hydrogen (secondary N) is 1. The SMILES string of the molecule is O=C(O)c1cccc(Nc2ccc(F)cc2I)n1. The standard InChI is InChI=1S/C12H8FIN2O2/c13-7-4-5-9(8(14)6-7)15-11-3-1-2-10(16-11)12(17)18/h1-6H,(H,15,16)(H,17,18). The van der Waals surface area contributed by atoms with Crippen LogP contribution >= 0.6 is 22.6 Å². The van der Waals surface area contributed by atoms with E-state index in [1.807, 2.05) is 22.6 Å². The fourth-order valence-corrected chi connectivity index (χ4v) is 1.96. The summed E-state index contributed by atoms with van der Waals surface area (Å²) in [6, 6.07) is 8.92. The van der Waals surface area contributed by atoms with Crippen LogP contribution in [0.4, 0.5) is 15.9 Å². The number of aromatic nitrogens is 1. The quantitative estimate of drug-likeness (QED) is 0.827. The number of aromatic carboxylic acids is 1. The van der Waals surface area contributed by atoms with E-state index in [4.69, 9.17) is 5.11 Å². The fraction of sp³-hybridized carbons (Fsp3) is 0. The van der Waals surface area contributed by atoms with Crippen LogP contribution in [-0.4, -0.2) is 16.1 Å². The molecule has 0 saturated carbocycles. The normalized spacial score (nSPS) is 10.1. The summed E-state index contributed by atoms with van der Waals surface area (Å²) in [4.78, 5) is 14.7. The Morgan fingerprint density at radius 3 is 2.78 bits per heavy atom. The molecule has 4 nitrogen and oxygen atoms in total. The van der Waals surface area contributed by atoms with Gasteiger partial charge in [-0.3, -0.25) is 0 Å². The third-order valence-corrected chi connectivity index (χ3v) is 3.05. The van der Waals surface area contributed by atoms with E-state index >= 15 is 0 Å². The molecule has 0 unspecified atom stereocenters. The van der Waals surface area contributed by atoms with E-state index in [1.54, 1.807) is 18.2 Å². The fourth-order valence-electron chi connectivity index (χ4n) is 1.35. The van der Waals surface area contributed by atoms with Gasteiger partial charge in [-0.1, -0.05) is 6.07 Å². The van der Waals surface area contributed by atoms with Crippen molar-refractivity contribution in [2.75, 3.05) is 5.32 Å². The van der Waals surface area contributed by atoms with Gasteiger partial charge in [0.25, 0.3) is 0 Å². The zero-order valence-corrected chi connectivity index (χ0v) is 11.2. The van der Waals surface area contributed by atoms with Crippen LogP contribution < -0.4 is 5.32 Å². The van der Waals surface area contributed by atoms with Gasteiger partial charge in [0.15, 0.2) is 5.69 Å². The maximum Gasteiger partial charge on any atom is 0.354 e. The highest BCUT2D eigenvalue weighted by Crippen LogP contribution is 2.22. The molecule has 2 N–H and O–H groups in total. The number of carboxylic acids is 1. The van der Waals surface area contributed by atoms with Crippen molar-refractivity contribution in [3.05, 3.63) is 51.5 Å². The van der Waals surface area contributed by atoms with E-state index in [1.165, 1.54) is 18.2 Å². The molecule has 92 valence electrons. The first-order chi connectivity index (χ1) is 8.56. The van der Waals surface area contributed by atoms with Gasteiger partial charge < -0.3 is 10.4 Å². The number of benzene rings is 1. The smallest absolute Gasteiger partial charge is 0.354 e. The van der Waals surface area contributed by atoms with E-state index in [2.05, 4.69) is 10.3 Å². The van der Waals surface area contributed by atoms with E-state index in [0.29, 0.717) is 15.1 Å². The van der Waals surface area contributed by atoms with Crippen molar-refractivity contribution >= 4 is 40.1 Å². The van der Waals surface area contributed by atoms with Gasteiger partial charge in [-0.2, -0.15) is 0 Å². The predicted octanol–water partition coefficient (Wildman–Crippen LogP) is 3.27. The van der Waals surface area contributed by atoms with Crippen LogP contribution in [0.15, 0.2) is 36.4 Å². The van der Waals surface area contributed by atoms with Crippen molar-refractivity contribution in [3.63, 3.8) is 0 Å². The van der Waals surface area contributed by atoms with Gasteiger partial charge in [-0.15, -0.1) is 0 Å². The summed E-state index contributed by atoms with van der Waals surface area (Å²) in [7, 11) is 0. The Hall–Kier alpha value is -1.70. The Labute approximate surface area is 116 Å². The molecule has 1 aromatic carbocycles. The lowest BCUT2D eigenvalue weighted by molar-refractivity contribution is 0.0690. The molecule has 1 aromatic heterocycles. The van der Waals surface area contributed by atoms with Crippen LogP contribution in [0.2, 0.25) is 0 Å². The van der Waals surface area contributed by atoms with Crippen LogP contribution in [0.3, 0.4) is 0 Å². The van der Waals surface area contributed by atoms with Gasteiger partial charge in [0, 0.05) is 3.57 Å². The highest BCUT2D eigenvalue weighted by molar-refractivity contribution is 14.1. The summed E-state index contributed by atoms with van der Waals surface area (Å²) in [6.07, 6.45) is 0. The summed E-state index contributed by atoms with van der Waals surface area (Å²) in [6.45, 7) is 0. The topological polar surface area (TPSA) is 62.2 Å². The first-order valence-electron chi connectivity index (χ1n) is 4.98. The van der Waals surface area contributed by atoms with Gasteiger partial charge in [-0.25, -0.2) is 14.2 Å². The zero-order chi connectivity index (χ0) is 13.1. The van der Waals surface area contributed by atoms with E-state index < -0.39 is 5.97 Å². The molecule has 0 spiro atoms. The summed E-state index contributed by atoms with van der Waals surface area (Å²) in [5.74, 6) is -1.01. The summed E-state index contributed by atoms with van der Waals surface area (Å²) in [5.41, 5.74) is 0.629. The maximum absolute atomic E-state index is 12.9. The van der Waals surface area contributed by atoms with Gasteiger partial charge in [0.1, 0.15) is 11.6 Å². The average Bonchev–Trinajstić information content (AvgIpc) is 2.33. The second kappa shape index (κ2) is 5.30. The van der Waals surface area contributed by atoms with E-state index in [-0.39, 0.29) is 11.5 Å². The Morgan fingerprint density at radius 2 is 2.11 bits per heavy atom. The van der Waals surface area contributed by atoms with Gasteiger partial charge in [-0.05, 0) is 52.9 Å². The number of hydrogen-bond acceptors (Lipinski definition) is 3. The lowest BCUT2D eigenvalue weighted by Gasteiger charge is -2.08. The Morgan fingerprint density at radius 1 is 1.33 bits per heavy atom. The maximum atomic E-state index is 12.9. The number of carboxylic acid groups (broad SMARTS) is 1. The predicted molar refractivity (Wildman–Crippen MR) is 73.6 cm³/mol. The van der Waals surface area contributed by atoms with Crippen LogP contribution in [0, 0.1) is 9.39 Å². The first kappa shape index (κ1) is 12.7. The van der Waals surface area contributed by atoms with Gasteiger partial charge in [0.05, 0.1) is 5.69 Å². The monoisotopic (exact) mass is 358 g/mol. The molecule has 0 amide bonds. The minimum Gasteiger partial charge on any atom is -0.477 e. The molecule has 0 saturated heterocycles. The Kier molecular flexibility index (Phi) is 3.75. The van der Waals surface area contributed by atoms with Crippen molar-refractivity contribution in [2.45, 2.75) is 0 Å². The Bertz CT molecular complexity index is 604. The molecule has 0 radical (unpaired) electrons. The second-order valence-electron chi connectivity index (χ2n) is 3.46. The van der Waals surface area contributed by atoms with Crippen molar-refractivity contribution in [3.8, 4) is 0 Å². The van der Waals surface area contributed by atoms with Gasteiger partial charge >= 0.3 is 5.97 Å². The minimum atomic E-state index is -1.09. The van der Waals surface area contributed by atoms with Crippen molar-refractivity contribution in [2.24, 2.45) is 0 Å². The van der Waals surface area contributed by atoms with Crippen LogP contribution in [0.25, 0.3) is 0 Å². The number of halogens is 2. The average molecular weight is 358 g/mol. The molecule has 2 aromatic rings. The molecule has 0 fully saturated rings. The van der Waals surface area contributed by atoms with Crippen LogP contribution in [-0.2, 0) is 0 Å². The highest BCUT2D eigenvalue weighted by atomic mass is 127. The second-order valence-corrected chi connectivity index (χ2v) is 4.62. The molecule has 0 aliphatic carbocycles. The lowest BCUT2D eigenvalue weighted by atomic mass is 10.3. The third kappa shape index (κ3) is 2.95. The first-order valence-corrected chi connectivity index (χ1v) is 6.06. The zero-order valence-electron chi connectivity index (χ0n) is 9.02. The molecule has 0 aliphatic heterocycles. The molecule has 0 aliphatic rings. The number of pyridine rings is 1. The van der Waals surface area contributed by atoms with Crippen molar-refractivity contribution in [1.29, 1.82) is 0 Å². The molecule has 0 atom stereocenters. The summed E-state index contributed by atoms with van der Waals surface area (Å²) >= 11 is 1.99. The van der Waals surface area contributed by atoms with Crippen LogP contribution in [0.1, 0.15) is 10.5 Å². The van der Waals surface area contributed by atoms with E-state index in [0.717, 1.165) is 0 Å². The molecule has 18 heavy (non-hydrogen) atoms. The number of nitrogens with zero attached hydrogens (tertiary/aromatic N) is 1. The highest BCUT2D eigenvalue weighted by Gasteiger charge is 2.06. The molecule has 6 heteroatoms. The summed E-state index contributed by atoms with van der Waals surface area (Å²) < 4.78 is 13.6. The minimum absolute atomic E-state index is 0.0443. The molecular weight excluding hydrogens is 350 g/mol. The molecule has 2 rings (SSSR count). The van der Waals surface area contributed by atoms with Gasteiger partial charge in [0.2, 0.25) is 0 Å². The number of rotatable bonds is 3. The summed E-state index contributed by atoms with van der Waals surface area (Å²) in [5, 5.41) is 11.8. The van der Waals surface area contributed by atoms with Crippen molar-refractivity contribution < 1.29 is 14.3 Å². The number of hydrogen-bond donors (Lipinski definition) is 2. The molecule has 1 heterocycles. The molecule has 0 bridgehead atoms. The third-order valence-electron chi connectivity index (χ3n) is 2.16.